The predicted molar refractivity (Wildman–Crippen MR) is 94.2 cm³/mol. The summed E-state index contributed by atoms with van der Waals surface area (Å²) in [5.41, 5.74) is 0.942. The summed E-state index contributed by atoms with van der Waals surface area (Å²) in [4.78, 5) is 22.3. The molecule has 1 aromatic heterocycles. The van der Waals surface area contributed by atoms with Crippen LogP contribution in [0, 0.1) is 0 Å². The molecule has 1 aliphatic heterocycles. The van der Waals surface area contributed by atoms with E-state index < -0.39 is 0 Å². The highest BCUT2D eigenvalue weighted by atomic mass is 16.5. The van der Waals surface area contributed by atoms with Gasteiger partial charge in [-0.1, -0.05) is 5.16 Å². The highest BCUT2D eigenvalue weighted by molar-refractivity contribution is 5.84. The van der Waals surface area contributed by atoms with E-state index in [9.17, 15) is 4.79 Å². The number of rotatable bonds is 7. The molecule has 0 aromatic carbocycles. The first-order chi connectivity index (χ1) is 12.1. The monoisotopic (exact) mass is 352 g/mol. The minimum absolute atomic E-state index is 0.0179. The number of nitrogens with zero attached hydrogens (tertiary/aromatic N) is 5. The molecule has 0 aliphatic carbocycles. The molecule has 140 valence electrons. The van der Waals surface area contributed by atoms with E-state index in [0.29, 0.717) is 13.2 Å². The van der Waals surface area contributed by atoms with Crippen LogP contribution < -0.4 is 5.32 Å². The topological polar surface area (TPSA) is 86.4 Å². The molecular weight excluding hydrogens is 324 g/mol. The second kappa shape index (κ2) is 10.00. The molecule has 0 radical (unpaired) electrons. The fraction of sp³-hybridized carbons (Fsp3) is 0.688. The molecule has 1 aromatic rings. The number of amides is 1. The molecule has 1 fully saturated rings. The first-order valence-electron chi connectivity index (χ1n) is 8.44. The lowest BCUT2D eigenvalue weighted by atomic mass is 10.3. The van der Waals surface area contributed by atoms with E-state index in [1.807, 2.05) is 6.07 Å². The Labute approximate surface area is 148 Å². The first-order valence-corrected chi connectivity index (χ1v) is 8.44. The van der Waals surface area contributed by atoms with Crippen molar-refractivity contribution in [1.29, 1.82) is 0 Å². The smallest absolute Gasteiger partial charge is 0.243 e. The van der Waals surface area contributed by atoms with Gasteiger partial charge < -0.3 is 24.4 Å². The number of piperazine rings is 1. The second-order valence-electron chi connectivity index (χ2n) is 6.10. The Morgan fingerprint density at radius 3 is 2.76 bits per heavy atom. The van der Waals surface area contributed by atoms with Crippen molar-refractivity contribution < 1.29 is 14.1 Å². The normalized spacial score (nSPS) is 16.1. The van der Waals surface area contributed by atoms with Crippen molar-refractivity contribution in [2.24, 2.45) is 4.99 Å². The lowest BCUT2D eigenvalue weighted by Gasteiger charge is -2.36. The van der Waals surface area contributed by atoms with E-state index >= 15 is 0 Å². The number of likely N-dealkylation sites (N-methyl/N-ethyl adjacent to an activating group) is 1. The van der Waals surface area contributed by atoms with E-state index in [4.69, 9.17) is 9.26 Å². The molecule has 25 heavy (non-hydrogen) atoms. The van der Waals surface area contributed by atoms with Gasteiger partial charge in [0.2, 0.25) is 5.91 Å². The Morgan fingerprint density at radius 1 is 1.40 bits per heavy atom. The average molecular weight is 352 g/mol. The van der Waals surface area contributed by atoms with Crippen molar-refractivity contribution in [2.45, 2.75) is 6.54 Å². The minimum Gasteiger partial charge on any atom is -0.383 e. The van der Waals surface area contributed by atoms with E-state index in [2.05, 4.69) is 25.3 Å². The average Bonchev–Trinajstić information content (AvgIpc) is 3.11. The predicted octanol–water partition coefficient (Wildman–Crippen LogP) is -0.528. The van der Waals surface area contributed by atoms with Gasteiger partial charge in [-0.2, -0.15) is 0 Å². The molecule has 1 saturated heterocycles. The van der Waals surface area contributed by atoms with E-state index in [1.54, 1.807) is 32.4 Å². The van der Waals surface area contributed by atoms with Crippen LogP contribution in [0.2, 0.25) is 0 Å². The van der Waals surface area contributed by atoms with Gasteiger partial charge in [-0.15, -0.1) is 0 Å². The van der Waals surface area contributed by atoms with Crippen molar-refractivity contribution in [3.05, 3.63) is 18.0 Å². The molecule has 1 amide bonds. The van der Waals surface area contributed by atoms with Crippen LogP contribution in [-0.4, -0.2) is 98.8 Å². The van der Waals surface area contributed by atoms with Gasteiger partial charge in [0.25, 0.3) is 0 Å². The maximum atomic E-state index is 11.8. The molecule has 1 aliphatic rings. The number of carbonyl (C=O) groups excluding carboxylic acids is 1. The number of guanidine groups is 1. The Hall–Kier alpha value is -2.13. The minimum atomic E-state index is -0.0179. The molecule has 9 heteroatoms. The van der Waals surface area contributed by atoms with Gasteiger partial charge in [-0.25, -0.2) is 4.99 Å². The molecule has 9 nitrogen and oxygen atoms in total. The van der Waals surface area contributed by atoms with Crippen LogP contribution >= 0.6 is 0 Å². The maximum Gasteiger partial charge on any atom is 0.243 e. The van der Waals surface area contributed by atoms with Crippen LogP contribution in [0.3, 0.4) is 0 Å². The van der Waals surface area contributed by atoms with Gasteiger partial charge in [0, 0.05) is 66.5 Å². The largest absolute Gasteiger partial charge is 0.383 e. The summed E-state index contributed by atoms with van der Waals surface area (Å²) in [6.45, 7) is 5.66. The number of ether oxygens (including phenoxy) is 1. The van der Waals surface area contributed by atoms with E-state index in [-0.39, 0.29) is 12.5 Å². The van der Waals surface area contributed by atoms with Crippen LogP contribution in [0.15, 0.2) is 21.8 Å². The Balaban J connectivity index is 1.88. The second-order valence-corrected chi connectivity index (χ2v) is 6.10. The summed E-state index contributed by atoms with van der Waals surface area (Å²) in [7, 11) is 5.13. The third-order valence-corrected chi connectivity index (χ3v) is 4.00. The van der Waals surface area contributed by atoms with Crippen LogP contribution in [0.5, 0.6) is 0 Å². The zero-order valence-electron chi connectivity index (χ0n) is 15.3. The van der Waals surface area contributed by atoms with Crippen molar-refractivity contribution >= 4 is 11.9 Å². The number of aliphatic imine (C=N–C) groups is 1. The van der Waals surface area contributed by atoms with Crippen molar-refractivity contribution in [1.82, 2.24) is 25.2 Å². The van der Waals surface area contributed by atoms with Gasteiger partial charge in [0.15, 0.2) is 5.96 Å². The van der Waals surface area contributed by atoms with Crippen LogP contribution in [-0.2, 0) is 16.1 Å². The molecule has 0 bridgehead atoms. The molecule has 2 heterocycles. The number of nitrogens with one attached hydrogen (secondary N) is 1. The van der Waals surface area contributed by atoms with E-state index in [0.717, 1.165) is 44.4 Å². The molecule has 2 rings (SSSR count). The zero-order valence-corrected chi connectivity index (χ0v) is 15.3. The third-order valence-electron chi connectivity index (χ3n) is 4.00. The standard InChI is InChI=1S/C16H28N6O3/c1-20(2)15(23)12-18-16(17-5-11-24-3)22-8-6-21(7-9-22)13-14-4-10-25-19-14/h4,10H,5-9,11-13H2,1-3H3,(H,17,18). The highest BCUT2D eigenvalue weighted by Crippen LogP contribution is 2.07. The van der Waals surface area contributed by atoms with Gasteiger partial charge in [-0.3, -0.25) is 9.69 Å². The fourth-order valence-electron chi connectivity index (χ4n) is 2.48. The molecule has 0 saturated carbocycles. The Bertz CT molecular complexity index is 538. The van der Waals surface area contributed by atoms with Gasteiger partial charge in [0.1, 0.15) is 12.8 Å². The molecule has 0 unspecified atom stereocenters. The summed E-state index contributed by atoms with van der Waals surface area (Å²) < 4.78 is 9.96. The summed E-state index contributed by atoms with van der Waals surface area (Å²) >= 11 is 0. The SMILES string of the molecule is COCCNC(=NCC(=O)N(C)C)N1CCN(Cc2ccon2)CC1. The van der Waals surface area contributed by atoms with Crippen molar-refractivity contribution in [3.8, 4) is 0 Å². The van der Waals surface area contributed by atoms with Crippen molar-refractivity contribution in [2.75, 3.05) is 67.1 Å². The first kappa shape index (κ1) is 19.2. The number of methoxy groups -OCH3 is 1. The van der Waals surface area contributed by atoms with Crippen molar-refractivity contribution in [3.63, 3.8) is 0 Å². The van der Waals surface area contributed by atoms with Gasteiger partial charge in [-0.05, 0) is 0 Å². The summed E-state index contributed by atoms with van der Waals surface area (Å²) in [5.74, 6) is 0.740. The molecule has 0 atom stereocenters. The number of carbonyl (C=O) groups is 1. The van der Waals surface area contributed by atoms with Gasteiger partial charge in [0.05, 0.1) is 12.3 Å². The lowest BCUT2D eigenvalue weighted by Crippen LogP contribution is -2.52. The molecule has 0 spiro atoms. The number of hydrogen-bond acceptors (Lipinski definition) is 6. The zero-order chi connectivity index (χ0) is 18.1. The number of aromatic nitrogens is 1. The van der Waals surface area contributed by atoms with Gasteiger partial charge >= 0.3 is 0 Å². The highest BCUT2D eigenvalue weighted by Gasteiger charge is 2.20. The maximum absolute atomic E-state index is 11.8. The summed E-state index contributed by atoms with van der Waals surface area (Å²) in [6, 6.07) is 1.89. The Kier molecular flexibility index (Phi) is 7.68. The molecule has 1 N–H and O–H groups in total. The fourth-order valence-corrected chi connectivity index (χ4v) is 2.48. The summed E-state index contributed by atoms with van der Waals surface area (Å²) in [6.07, 6.45) is 1.60. The quantitative estimate of drug-likeness (QED) is 0.401. The van der Waals surface area contributed by atoms with Crippen LogP contribution in [0.1, 0.15) is 5.69 Å². The molecular formula is C16H28N6O3. The van der Waals surface area contributed by atoms with E-state index in [1.165, 1.54) is 0 Å². The third kappa shape index (κ3) is 6.35. The number of hydrogen-bond donors (Lipinski definition) is 1. The Morgan fingerprint density at radius 2 is 2.16 bits per heavy atom. The van der Waals surface area contributed by atoms with Crippen LogP contribution in [0.25, 0.3) is 0 Å². The van der Waals surface area contributed by atoms with Crippen LogP contribution in [0.4, 0.5) is 0 Å². The summed E-state index contributed by atoms with van der Waals surface area (Å²) in [5, 5.41) is 7.24. The lowest BCUT2D eigenvalue weighted by molar-refractivity contribution is -0.127.